The zero-order valence-electron chi connectivity index (χ0n) is 15.6. The zero-order valence-corrected chi connectivity index (χ0v) is 16.4. The fourth-order valence-corrected chi connectivity index (χ4v) is 2.41. The summed E-state index contributed by atoms with van der Waals surface area (Å²) in [5, 5.41) is 31.9. The molecule has 1 heterocycles. The van der Waals surface area contributed by atoms with Crippen LogP contribution in [0.15, 0.2) is 23.4 Å². The number of aromatic nitrogens is 2. The van der Waals surface area contributed by atoms with E-state index in [0.717, 1.165) is 23.9 Å². The van der Waals surface area contributed by atoms with E-state index in [9.17, 15) is 25.0 Å². The third kappa shape index (κ3) is 5.29. The van der Waals surface area contributed by atoms with E-state index >= 15 is 0 Å². The second-order valence-corrected chi connectivity index (χ2v) is 5.95. The Morgan fingerprint density at radius 1 is 1.23 bits per heavy atom. The maximum atomic E-state index is 11.6. The van der Waals surface area contributed by atoms with Crippen LogP contribution >= 0.6 is 11.8 Å². The Morgan fingerprint density at radius 3 is 2.50 bits per heavy atom. The van der Waals surface area contributed by atoms with Crippen molar-refractivity contribution >= 4 is 29.1 Å². The van der Waals surface area contributed by atoms with Gasteiger partial charge in [-0.2, -0.15) is 15.2 Å². The third-order valence-corrected chi connectivity index (χ3v) is 3.84. The summed E-state index contributed by atoms with van der Waals surface area (Å²) in [5.41, 5.74) is -1.37. The van der Waals surface area contributed by atoms with Crippen molar-refractivity contribution in [3.63, 3.8) is 0 Å². The van der Waals surface area contributed by atoms with E-state index in [4.69, 9.17) is 19.5 Å². The Hall–Kier alpha value is -3.99. The zero-order chi connectivity index (χ0) is 22.3. The molecule has 30 heavy (non-hydrogen) atoms. The minimum Gasteiger partial charge on any atom is -0.463 e. The number of ether oxygens (including phenoxy) is 3. The van der Waals surface area contributed by atoms with Gasteiger partial charge in [0.1, 0.15) is 0 Å². The Morgan fingerprint density at radius 2 is 1.93 bits per heavy atom. The number of carbonyl (C=O) groups is 1. The van der Waals surface area contributed by atoms with Crippen molar-refractivity contribution in [1.29, 1.82) is 5.26 Å². The van der Waals surface area contributed by atoms with Gasteiger partial charge in [0.15, 0.2) is 11.8 Å². The van der Waals surface area contributed by atoms with Crippen LogP contribution in [0.5, 0.6) is 17.5 Å². The largest absolute Gasteiger partial charge is 0.463 e. The summed E-state index contributed by atoms with van der Waals surface area (Å²) in [7, 11) is 0. The summed E-state index contributed by atoms with van der Waals surface area (Å²) in [6, 6.07) is 5.05. The van der Waals surface area contributed by atoms with Crippen LogP contribution in [0.3, 0.4) is 0 Å². The smallest absolute Gasteiger partial charge is 0.392 e. The van der Waals surface area contributed by atoms with E-state index in [-0.39, 0.29) is 17.3 Å². The fourth-order valence-electron chi connectivity index (χ4n) is 2.07. The van der Waals surface area contributed by atoms with Crippen molar-refractivity contribution in [3.05, 3.63) is 44.0 Å². The molecule has 0 amide bonds. The van der Waals surface area contributed by atoms with Gasteiger partial charge >= 0.3 is 29.1 Å². The summed E-state index contributed by atoms with van der Waals surface area (Å²) in [4.78, 5) is 40.4. The summed E-state index contributed by atoms with van der Waals surface area (Å²) in [5.74, 6) is -2.46. The molecule has 0 unspecified atom stereocenters. The molecule has 0 saturated heterocycles. The van der Waals surface area contributed by atoms with E-state index in [1.807, 2.05) is 0 Å². The molecule has 2 aromatic rings. The first-order valence-electron chi connectivity index (χ1n) is 8.05. The summed E-state index contributed by atoms with van der Waals surface area (Å²) in [6.07, 6.45) is 1.57. The topological polar surface area (TPSA) is 181 Å². The number of esters is 1. The quantitative estimate of drug-likeness (QED) is 0.185. The standard InChI is InChI=1S/C16H13N5O8S/c1-3-27-12(22)8-28-14-13(21(25)26)15(19-16(18-14)30-2)29-11-6-9(7-17)4-5-10(11)20(23)24/h4-6H,3,8H2,1-2H3. The van der Waals surface area contributed by atoms with Crippen LogP contribution in [0.1, 0.15) is 12.5 Å². The molecule has 13 nitrogen and oxygen atoms in total. The first kappa shape index (κ1) is 22.3. The molecule has 0 N–H and O–H groups in total. The van der Waals surface area contributed by atoms with E-state index in [2.05, 4.69) is 9.97 Å². The maximum absolute atomic E-state index is 11.6. The van der Waals surface area contributed by atoms with Gasteiger partial charge in [0.25, 0.3) is 0 Å². The number of nitrogens with zero attached hydrogens (tertiary/aromatic N) is 5. The number of nitro benzene ring substituents is 1. The van der Waals surface area contributed by atoms with Gasteiger partial charge < -0.3 is 14.2 Å². The Bertz CT molecular complexity index is 1040. The minimum absolute atomic E-state index is 0.0199. The first-order chi connectivity index (χ1) is 14.3. The van der Waals surface area contributed by atoms with E-state index in [0.29, 0.717) is 0 Å². The number of nitro groups is 2. The van der Waals surface area contributed by atoms with E-state index in [1.165, 1.54) is 6.07 Å². The van der Waals surface area contributed by atoms with Gasteiger partial charge in [0.05, 0.1) is 28.1 Å². The van der Waals surface area contributed by atoms with Crippen molar-refractivity contribution in [2.45, 2.75) is 12.1 Å². The van der Waals surface area contributed by atoms with Gasteiger partial charge in [-0.25, -0.2) is 4.79 Å². The molecule has 0 spiro atoms. The van der Waals surface area contributed by atoms with Crippen molar-refractivity contribution in [1.82, 2.24) is 9.97 Å². The Balaban J connectivity index is 2.56. The number of rotatable bonds is 9. The van der Waals surface area contributed by atoms with E-state index in [1.54, 1.807) is 19.2 Å². The molecule has 0 saturated carbocycles. The van der Waals surface area contributed by atoms with Crippen molar-refractivity contribution in [2.24, 2.45) is 0 Å². The molecule has 1 aromatic heterocycles. The second-order valence-electron chi connectivity index (χ2n) is 5.17. The van der Waals surface area contributed by atoms with Gasteiger partial charge in [-0.1, -0.05) is 11.8 Å². The Kier molecular flexibility index (Phi) is 7.42. The van der Waals surface area contributed by atoms with Crippen molar-refractivity contribution < 1.29 is 28.9 Å². The SMILES string of the molecule is CCOC(=O)COc1nc(SC)nc(Oc2cc(C#N)ccc2[N+](=O)[O-])c1[N+](=O)[O-]. The lowest BCUT2D eigenvalue weighted by Crippen LogP contribution is -2.16. The van der Waals surface area contributed by atoms with Crippen LogP contribution in [-0.4, -0.2) is 45.3 Å². The van der Waals surface area contributed by atoms with Gasteiger partial charge in [-0.15, -0.1) is 0 Å². The molecule has 0 aliphatic heterocycles. The second kappa shape index (κ2) is 9.98. The van der Waals surface area contributed by atoms with Crippen LogP contribution in [-0.2, 0) is 9.53 Å². The molecule has 0 fully saturated rings. The monoisotopic (exact) mass is 435 g/mol. The highest BCUT2D eigenvalue weighted by molar-refractivity contribution is 7.98. The van der Waals surface area contributed by atoms with Crippen LogP contribution in [0, 0.1) is 31.6 Å². The van der Waals surface area contributed by atoms with Crippen molar-refractivity contribution in [2.75, 3.05) is 19.5 Å². The molecule has 0 aliphatic rings. The highest BCUT2D eigenvalue weighted by Crippen LogP contribution is 2.40. The molecule has 0 atom stereocenters. The normalized spacial score (nSPS) is 10.0. The number of carbonyl (C=O) groups excluding carboxylic acids is 1. The molecule has 2 rings (SSSR count). The number of thioether (sulfide) groups is 1. The summed E-state index contributed by atoms with van der Waals surface area (Å²) >= 11 is 0.984. The fraction of sp³-hybridized carbons (Fsp3) is 0.250. The number of nitriles is 1. The average molecular weight is 435 g/mol. The van der Waals surface area contributed by atoms with Crippen LogP contribution in [0.4, 0.5) is 11.4 Å². The highest BCUT2D eigenvalue weighted by atomic mass is 32.2. The van der Waals surface area contributed by atoms with Crippen LogP contribution in [0.2, 0.25) is 0 Å². The molecule has 14 heteroatoms. The molecular formula is C16H13N5O8S. The summed E-state index contributed by atoms with van der Waals surface area (Å²) in [6.45, 7) is 0.992. The Labute approximate surface area is 172 Å². The first-order valence-corrected chi connectivity index (χ1v) is 9.28. The van der Waals surface area contributed by atoms with Gasteiger partial charge in [0, 0.05) is 12.1 Å². The van der Waals surface area contributed by atoms with Gasteiger partial charge in [-0.05, 0) is 19.2 Å². The van der Waals surface area contributed by atoms with Crippen LogP contribution < -0.4 is 9.47 Å². The molecule has 1 aromatic carbocycles. The van der Waals surface area contributed by atoms with Crippen LogP contribution in [0.25, 0.3) is 0 Å². The highest BCUT2D eigenvalue weighted by Gasteiger charge is 2.31. The molecule has 0 aliphatic carbocycles. The van der Waals surface area contributed by atoms with Gasteiger partial charge in [-0.3, -0.25) is 20.2 Å². The average Bonchev–Trinajstić information content (AvgIpc) is 2.71. The lowest BCUT2D eigenvalue weighted by atomic mass is 10.2. The lowest BCUT2D eigenvalue weighted by molar-refractivity contribution is -0.388. The number of hydrogen-bond donors (Lipinski definition) is 0. The lowest BCUT2D eigenvalue weighted by Gasteiger charge is -2.10. The summed E-state index contributed by atoms with van der Waals surface area (Å²) < 4.78 is 15.2. The predicted octanol–water partition coefficient (Wildman–Crippen LogP) is 2.62. The minimum atomic E-state index is -0.917. The predicted molar refractivity (Wildman–Crippen MR) is 100 cm³/mol. The molecule has 0 bridgehead atoms. The molecule has 156 valence electrons. The van der Waals surface area contributed by atoms with E-state index < -0.39 is 51.3 Å². The number of hydrogen-bond acceptors (Lipinski definition) is 12. The molecule has 0 radical (unpaired) electrons. The number of benzene rings is 1. The van der Waals surface area contributed by atoms with Gasteiger partial charge in [0.2, 0.25) is 5.75 Å². The molecular weight excluding hydrogens is 422 g/mol. The maximum Gasteiger partial charge on any atom is 0.392 e. The third-order valence-electron chi connectivity index (χ3n) is 3.29. The van der Waals surface area contributed by atoms with Crippen molar-refractivity contribution in [3.8, 4) is 23.6 Å².